The number of hydrogen-bond acceptors (Lipinski definition) is 2. The molecule has 0 unspecified atom stereocenters. The minimum absolute atomic E-state index is 0.0755. The topological polar surface area (TPSA) is 34.9 Å². The van der Waals surface area contributed by atoms with Crippen molar-refractivity contribution >= 4 is 5.78 Å². The van der Waals surface area contributed by atoms with Gasteiger partial charge in [-0.15, -0.1) is 0 Å². The van der Waals surface area contributed by atoms with Crippen LogP contribution in [0.4, 0.5) is 0 Å². The summed E-state index contributed by atoms with van der Waals surface area (Å²) >= 11 is 0. The Kier molecular flexibility index (Phi) is 2.44. The lowest BCUT2D eigenvalue weighted by Gasteiger charge is -2.28. The van der Waals surface area contributed by atoms with Gasteiger partial charge in [0.05, 0.1) is 0 Å². The first-order valence-corrected chi connectivity index (χ1v) is 5.90. The monoisotopic (exact) mass is 220 g/mol. The van der Waals surface area contributed by atoms with Crippen molar-refractivity contribution in [3.8, 4) is 0 Å². The minimum atomic E-state index is 0.0755. The van der Waals surface area contributed by atoms with Crippen LogP contribution in [-0.2, 0) is 13.5 Å². The predicted molar refractivity (Wildman–Crippen MR) is 63.7 cm³/mol. The fourth-order valence-corrected chi connectivity index (χ4v) is 2.53. The van der Waals surface area contributed by atoms with Crippen molar-refractivity contribution in [2.45, 2.75) is 46.5 Å². The van der Waals surface area contributed by atoms with E-state index in [1.807, 2.05) is 7.05 Å². The number of imidazole rings is 1. The van der Waals surface area contributed by atoms with Crippen LogP contribution in [-0.4, -0.2) is 15.3 Å². The summed E-state index contributed by atoms with van der Waals surface area (Å²) in [6.45, 7) is 8.53. The summed E-state index contributed by atoms with van der Waals surface area (Å²) in [5.41, 5.74) is 1.90. The summed E-state index contributed by atoms with van der Waals surface area (Å²) in [6, 6.07) is 0. The van der Waals surface area contributed by atoms with E-state index < -0.39 is 0 Å². The average Bonchev–Trinajstić information content (AvgIpc) is 2.42. The molecule has 0 aromatic carbocycles. The molecule has 0 radical (unpaired) electrons. The van der Waals surface area contributed by atoms with E-state index in [9.17, 15) is 4.79 Å². The second-order valence-electron chi connectivity index (χ2n) is 5.92. The lowest BCUT2D eigenvalue weighted by atomic mass is 9.77. The Balaban J connectivity index is 2.54. The Bertz CT molecular complexity index is 441. The van der Waals surface area contributed by atoms with Crippen molar-refractivity contribution in [3.05, 3.63) is 17.2 Å². The van der Waals surface area contributed by atoms with Crippen LogP contribution in [0.25, 0.3) is 0 Å². The summed E-state index contributed by atoms with van der Waals surface area (Å²) in [5.74, 6) is 1.59. The SMILES string of the molecule is CC(C)c1nc2c(n1C)CC(C)(C)CC2=O. The average molecular weight is 220 g/mol. The molecule has 3 nitrogen and oxygen atoms in total. The highest BCUT2D eigenvalue weighted by molar-refractivity contribution is 5.97. The van der Waals surface area contributed by atoms with Gasteiger partial charge in [-0.3, -0.25) is 4.79 Å². The molecular formula is C13H20N2O. The van der Waals surface area contributed by atoms with Crippen LogP contribution in [0.3, 0.4) is 0 Å². The molecule has 0 saturated heterocycles. The van der Waals surface area contributed by atoms with Crippen LogP contribution in [0, 0.1) is 5.41 Å². The Labute approximate surface area is 96.9 Å². The van der Waals surface area contributed by atoms with Gasteiger partial charge in [-0.1, -0.05) is 27.7 Å². The van der Waals surface area contributed by atoms with Crippen molar-refractivity contribution in [1.29, 1.82) is 0 Å². The van der Waals surface area contributed by atoms with Crippen LogP contribution in [0.5, 0.6) is 0 Å². The van der Waals surface area contributed by atoms with Gasteiger partial charge in [-0.2, -0.15) is 0 Å². The first-order valence-electron chi connectivity index (χ1n) is 5.90. The Hall–Kier alpha value is -1.12. The van der Waals surface area contributed by atoms with Crippen molar-refractivity contribution in [2.75, 3.05) is 0 Å². The van der Waals surface area contributed by atoms with Gasteiger partial charge >= 0.3 is 0 Å². The number of fused-ring (bicyclic) bond motifs is 1. The second kappa shape index (κ2) is 3.44. The Morgan fingerprint density at radius 2 is 1.94 bits per heavy atom. The lowest BCUT2D eigenvalue weighted by Crippen LogP contribution is -2.28. The third kappa shape index (κ3) is 1.68. The van der Waals surface area contributed by atoms with Crippen LogP contribution >= 0.6 is 0 Å². The van der Waals surface area contributed by atoms with Gasteiger partial charge < -0.3 is 4.57 Å². The zero-order chi connectivity index (χ0) is 12.1. The number of carbonyl (C=O) groups is 1. The maximum atomic E-state index is 12.0. The van der Waals surface area contributed by atoms with Crippen LogP contribution in [0.2, 0.25) is 0 Å². The molecule has 1 aliphatic carbocycles. The largest absolute Gasteiger partial charge is 0.334 e. The highest BCUT2D eigenvalue weighted by Gasteiger charge is 2.35. The number of Topliss-reactive ketones (excluding diaryl/α,β-unsaturated/α-hetero) is 1. The van der Waals surface area contributed by atoms with Gasteiger partial charge in [0, 0.05) is 25.1 Å². The van der Waals surface area contributed by atoms with Gasteiger partial charge in [-0.05, 0) is 11.8 Å². The summed E-state index contributed by atoms with van der Waals surface area (Å²) in [4.78, 5) is 16.5. The van der Waals surface area contributed by atoms with Gasteiger partial charge in [0.1, 0.15) is 11.5 Å². The molecule has 0 aliphatic heterocycles. The third-order valence-electron chi connectivity index (χ3n) is 3.31. The molecule has 1 aromatic rings. The molecule has 0 saturated carbocycles. The highest BCUT2D eigenvalue weighted by Crippen LogP contribution is 2.35. The zero-order valence-corrected chi connectivity index (χ0v) is 10.8. The van der Waals surface area contributed by atoms with Crippen molar-refractivity contribution in [2.24, 2.45) is 12.5 Å². The lowest BCUT2D eigenvalue weighted by molar-refractivity contribution is 0.0905. The van der Waals surface area contributed by atoms with E-state index in [-0.39, 0.29) is 11.2 Å². The summed E-state index contributed by atoms with van der Waals surface area (Å²) < 4.78 is 2.11. The fourth-order valence-electron chi connectivity index (χ4n) is 2.53. The molecule has 0 bridgehead atoms. The standard InChI is InChI=1S/C13H20N2O/c1-8(2)12-14-11-9(15(12)5)6-13(3,4)7-10(11)16/h8H,6-7H2,1-5H3. The molecule has 0 amide bonds. The van der Waals surface area contributed by atoms with Crippen LogP contribution in [0.15, 0.2) is 0 Å². The van der Waals surface area contributed by atoms with E-state index in [4.69, 9.17) is 0 Å². The molecule has 0 fully saturated rings. The van der Waals surface area contributed by atoms with Gasteiger partial charge in [0.15, 0.2) is 5.78 Å². The van der Waals surface area contributed by atoms with Gasteiger partial charge in [0.25, 0.3) is 0 Å². The fraction of sp³-hybridized carbons (Fsp3) is 0.692. The van der Waals surface area contributed by atoms with Gasteiger partial charge in [0.2, 0.25) is 0 Å². The van der Waals surface area contributed by atoms with Crippen LogP contribution < -0.4 is 0 Å². The number of aromatic nitrogens is 2. The van der Waals surface area contributed by atoms with Crippen molar-refractivity contribution in [3.63, 3.8) is 0 Å². The molecule has 0 spiro atoms. The van der Waals surface area contributed by atoms with E-state index in [0.29, 0.717) is 18.0 Å². The van der Waals surface area contributed by atoms with Crippen molar-refractivity contribution in [1.82, 2.24) is 9.55 Å². The molecule has 1 heterocycles. The van der Waals surface area contributed by atoms with Crippen LogP contribution in [0.1, 0.15) is 62.0 Å². The molecule has 0 N–H and O–H groups in total. The molecule has 1 aliphatic rings. The zero-order valence-electron chi connectivity index (χ0n) is 10.8. The van der Waals surface area contributed by atoms with E-state index in [0.717, 1.165) is 17.9 Å². The Morgan fingerprint density at radius 3 is 2.50 bits per heavy atom. The first-order chi connectivity index (χ1) is 7.32. The van der Waals surface area contributed by atoms with E-state index in [1.54, 1.807) is 0 Å². The number of carbonyl (C=O) groups excluding carboxylic acids is 1. The predicted octanol–water partition coefficient (Wildman–Crippen LogP) is 2.70. The van der Waals surface area contributed by atoms with E-state index in [1.165, 1.54) is 0 Å². The molecular weight excluding hydrogens is 200 g/mol. The molecule has 1 aromatic heterocycles. The molecule has 2 rings (SSSR count). The van der Waals surface area contributed by atoms with Crippen molar-refractivity contribution < 1.29 is 4.79 Å². The number of hydrogen-bond donors (Lipinski definition) is 0. The molecule has 3 heteroatoms. The maximum absolute atomic E-state index is 12.0. The number of nitrogens with zero attached hydrogens (tertiary/aromatic N) is 2. The third-order valence-corrected chi connectivity index (χ3v) is 3.31. The smallest absolute Gasteiger partial charge is 0.183 e. The highest BCUT2D eigenvalue weighted by atomic mass is 16.1. The normalized spacial score (nSPS) is 19.0. The maximum Gasteiger partial charge on any atom is 0.183 e. The second-order valence-corrected chi connectivity index (χ2v) is 5.92. The number of ketones is 1. The summed E-state index contributed by atoms with van der Waals surface area (Å²) in [6.07, 6.45) is 1.57. The molecule has 0 atom stereocenters. The first kappa shape index (κ1) is 11.4. The molecule has 16 heavy (non-hydrogen) atoms. The van der Waals surface area contributed by atoms with E-state index in [2.05, 4.69) is 37.2 Å². The van der Waals surface area contributed by atoms with E-state index >= 15 is 0 Å². The quantitative estimate of drug-likeness (QED) is 0.729. The number of rotatable bonds is 1. The minimum Gasteiger partial charge on any atom is -0.334 e. The summed E-state index contributed by atoms with van der Waals surface area (Å²) in [5, 5.41) is 0. The Morgan fingerprint density at radius 1 is 1.31 bits per heavy atom. The van der Waals surface area contributed by atoms with Gasteiger partial charge in [-0.25, -0.2) is 4.98 Å². The summed E-state index contributed by atoms with van der Waals surface area (Å²) in [7, 11) is 2.02. The molecule has 88 valence electrons.